The fraction of sp³-hybridized carbons (Fsp3) is 0.412. The third kappa shape index (κ3) is 2.77. The van der Waals surface area contributed by atoms with Crippen molar-refractivity contribution in [1.29, 1.82) is 0 Å². The summed E-state index contributed by atoms with van der Waals surface area (Å²) in [7, 11) is 0. The number of anilines is 1. The summed E-state index contributed by atoms with van der Waals surface area (Å²) in [5.74, 6) is -0.330. The van der Waals surface area contributed by atoms with Gasteiger partial charge in [0.2, 0.25) is 5.91 Å². The number of benzene rings is 1. The zero-order valence-electron chi connectivity index (χ0n) is 12.9. The summed E-state index contributed by atoms with van der Waals surface area (Å²) in [4.78, 5) is 17.1. The van der Waals surface area contributed by atoms with Crippen molar-refractivity contribution < 1.29 is 9.18 Å². The lowest BCUT2D eigenvalue weighted by molar-refractivity contribution is -0.118. The first kappa shape index (κ1) is 15.2. The number of hydrogen-bond donors (Lipinski definition) is 1. The molecule has 1 aliphatic carbocycles. The summed E-state index contributed by atoms with van der Waals surface area (Å²) in [5, 5.41) is 5.53. The van der Waals surface area contributed by atoms with E-state index in [1.807, 2.05) is 5.38 Å². The molecule has 1 N–H and O–H groups in total. The van der Waals surface area contributed by atoms with Gasteiger partial charge in [0.05, 0.1) is 11.1 Å². The standard InChI is InChI=1S/C17H19FN2OS/c1-16(2,3)13-10-22-15(19-13)20-14(21)17(8-9-17)11-4-6-12(18)7-5-11/h4-7,10H,8-9H2,1-3H3,(H,19,20,21). The number of carbonyl (C=O) groups is 1. The quantitative estimate of drug-likeness (QED) is 0.919. The van der Waals surface area contributed by atoms with Crippen LogP contribution in [0.1, 0.15) is 44.9 Å². The maximum atomic E-state index is 13.0. The Labute approximate surface area is 133 Å². The van der Waals surface area contributed by atoms with Crippen LogP contribution >= 0.6 is 11.3 Å². The van der Waals surface area contributed by atoms with Gasteiger partial charge in [-0.15, -0.1) is 11.3 Å². The van der Waals surface area contributed by atoms with Crippen molar-refractivity contribution in [2.24, 2.45) is 0 Å². The average molecular weight is 318 g/mol. The van der Waals surface area contributed by atoms with Gasteiger partial charge < -0.3 is 5.32 Å². The summed E-state index contributed by atoms with van der Waals surface area (Å²) in [5.41, 5.74) is 1.30. The number of rotatable bonds is 3. The molecule has 0 aliphatic heterocycles. The Kier molecular flexibility index (Phi) is 3.56. The molecule has 1 saturated carbocycles. The van der Waals surface area contributed by atoms with Gasteiger partial charge in [-0.2, -0.15) is 0 Å². The first-order valence-corrected chi connectivity index (χ1v) is 8.23. The number of thiazole rings is 1. The number of aromatic nitrogens is 1. The first-order valence-electron chi connectivity index (χ1n) is 7.35. The van der Waals surface area contributed by atoms with Crippen molar-refractivity contribution in [3.8, 4) is 0 Å². The Bertz CT molecular complexity index is 696. The van der Waals surface area contributed by atoms with Crippen LogP contribution in [0.15, 0.2) is 29.6 Å². The van der Waals surface area contributed by atoms with Crippen LogP contribution < -0.4 is 5.32 Å². The topological polar surface area (TPSA) is 42.0 Å². The van der Waals surface area contributed by atoms with E-state index in [9.17, 15) is 9.18 Å². The van der Waals surface area contributed by atoms with Crippen LogP contribution in [0.3, 0.4) is 0 Å². The van der Waals surface area contributed by atoms with Crippen LogP contribution in [0.2, 0.25) is 0 Å². The molecule has 2 aromatic rings. The van der Waals surface area contributed by atoms with Crippen molar-refractivity contribution in [3.63, 3.8) is 0 Å². The lowest BCUT2D eigenvalue weighted by Gasteiger charge is -2.15. The van der Waals surface area contributed by atoms with Crippen LogP contribution in [0, 0.1) is 5.82 Å². The third-order valence-electron chi connectivity index (χ3n) is 4.07. The minimum Gasteiger partial charge on any atom is -0.301 e. The van der Waals surface area contributed by atoms with E-state index in [0.717, 1.165) is 24.1 Å². The number of hydrogen-bond acceptors (Lipinski definition) is 3. The highest BCUT2D eigenvalue weighted by atomic mass is 32.1. The Balaban J connectivity index is 1.77. The van der Waals surface area contributed by atoms with Crippen LogP contribution in [-0.4, -0.2) is 10.9 Å². The van der Waals surface area contributed by atoms with Crippen molar-refractivity contribution in [2.75, 3.05) is 5.32 Å². The maximum absolute atomic E-state index is 13.0. The lowest BCUT2D eigenvalue weighted by Crippen LogP contribution is -2.27. The van der Waals surface area contributed by atoms with Crippen molar-refractivity contribution >= 4 is 22.4 Å². The molecule has 0 spiro atoms. The molecule has 1 aromatic carbocycles. The molecule has 5 heteroatoms. The highest BCUT2D eigenvalue weighted by Crippen LogP contribution is 2.49. The summed E-state index contributed by atoms with van der Waals surface area (Å²) >= 11 is 1.44. The van der Waals surface area contributed by atoms with Crippen LogP contribution in [0.4, 0.5) is 9.52 Å². The van der Waals surface area contributed by atoms with E-state index in [2.05, 4.69) is 31.1 Å². The second-order valence-corrected chi connectivity index (χ2v) is 7.69. The molecule has 0 bridgehead atoms. The maximum Gasteiger partial charge on any atom is 0.236 e. The molecule has 3 nitrogen and oxygen atoms in total. The minimum absolute atomic E-state index is 0.0340. The fourth-order valence-electron chi connectivity index (χ4n) is 2.43. The molecule has 1 aliphatic rings. The summed E-state index contributed by atoms with van der Waals surface area (Å²) < 4.78 is 13.0. The molecular formula is C17H19FN2OS. The Morgan fingerprint density at radius 3 is 2.41 bits per heavy atom. The molecule has 1 heterocycles. The van der Waals surface area contributed by atoms with Gasteiger partial charge in [-0.25, -0.2) is 9.37 Å². The van der Waals surface area contributed by atoms with Crippen molar-refractivity contribution in [2.45, 2.75) is 44.4 Å². The SMILES string of the molecule is CC(C)(C)c1csc(NC(=O)C2(c3ccc(F)cc3)CC2)n1. The fourth-order valence-corrected chi connectivity index (χ4v) is 3.37. The highest BCUT2D eigenvalue weighted by Gasteiger charge is 2.51. The van der Waals surface area contributed by atoms with Crippen LogP contribution in [-0.2, 0) is 15.6 Å². The van der Waals surface area contributed by atoms with Crippen LogP contribution in [0.25, 0.3) is 0 Å². The van der Waals surface area contributed by atoms with Gasteiger partial charge in [-0.1, -0.05) is 32.9 Å². The number of amides is 1. The van der Waals surface area contributed by atoms with Gasteiger partial charge >= 0.3 is 0 Å². The van der Waals surface area contributed by atoms with Crippen LogP contribution in [0.5, 0.6) is 0 Å². The van der Waals surface area contributed by atoms with Gasteiger partial charge in [-0.05, 0) is 30.5 Å². The molecule has 0 radical (unpaired) electrons. The Hall–Kier alpha value is -1.75. The van der Waals surface area contributed by atoms with E-state index < -0.39 is 5.41 Å². The zero-order valence-corrected chi connectivity index (χ0v) is 13.8. The Morgan fingerprint density at radius 1 is 1.27 bits per heavy atom. The molecule has 3 rings (SSSR count). The van der Waals surface area contributed by atoms with Gasteiger partial charge in [-0.3, -0.25) is 4.79 Å². The van der Waals surface area contributed by atoms with E-state index >= 15 is 0 Å². The zero-order chi connectivity index (χ0) is 16.0. The second kappa shape index (κ2) is 5.16. The predicted octanol–water partition coefficient (Wildman–Crippen LogP) is 4.25. The second-order valence-electron chi connectivity index (χ2n) is 6.83. The van der Waals surface area contributed by atoms with E-state index in [1.165, 1.54) is 23.5 Å². The largest absolute Gasteiger partial charge is 0.301 e. The van der Waals surface area contributed by atoms with Gasteiger partial charge in [0.1, 0.15) is 5.82 Å². The highest BCUT2D eigenvalue weighted by molar-refractivity contribution is 7.14. The molecule has 1 aromatic heterocycles. The van der Waals surface area contributed by atoms with E-state index in [-0.39, 0.29) is 17.1 Å². The summed E-state index contributed by atoms with van der Waals surface area (Å²) in [6.07, 6.45) is 1.59. The monoisotopic (exact) mass is 318 g/mol. The lowest BCUT2D eigenvalue weighted by atomic mass is 9.93. The Morgan fingerprint density at radius 2 is 1.91 bits per heavy atom. The molecule has 0 unspecified atom stereocenters. The normalized spacial score (nSPS) is 16.4. The summed E-state index contributed by atoms with van der Waals surface area (Å²) in [6, 6.07) is 6.21. The molecule has 116 valence electrons. The molecule has 22 heavy (non-hydrogen) atoms. The molecular weight excluding hydrogens is 299 g/mol. The van der Waals surface area contributed by atoms with E-state index in [1.54, 1.807) is 12.1 Å². The third-order valence-corrected chi connectivity index (χ3v) is 4.83. The van der Waals surface area contributed by atoms with Gasteiger partial charge in [0, 0.05) is 10.8 Å². The number of carbonyl (C=O) groups excluding carboxylic acids is 1. The molecule has 1 fully saturated rings. The van der Waals surface area contributed by atoms with Gasteiger partial charge in [0.15, 0.2) is 5.13 Å². The van der Waals surface area contributed by atoms with Crippen molar-refractivity contribution in [1.82, 2.24) is 4.98 Å². The summed E-state index contributed by atoms with van der Waals surface area (Å²) in [6.45, 7) is 6.28. The molecule has 0 atom stereocenters. The molecule has 1 amide bonds. The average Bonchev–Trinajstić information content (AvgIpc) is 3.12. The number of halogens is 1. The minimum atomic E-state index is -0.513. The molecule has 0 saturated heterocycles. The first-order chi connectivity index (χ1) is 10.3. The van der Waals surface area contributed by atoms with E-state index in [0.29, 0.717) is 5.13 Å². The van der Waals surface area contributed by atoms with Crippen molar-refractivity contribution in [3.05, 3.63) is 46.7 Å². The number of nitrogens with zero attached hydrogens (tertiary/aromatic N) is 1. The van der Waals surface area contributed by atoms with E-state index in [4.69, 9.17) is 0 Å². The van der Waals surface area contributed by atoms with Gasteiger partial charge in [0.25, 0.3) is 0 Å². The smallest absolute Gasteiger partial charge is 0.236 e. The number of nitrogens with one attached hydrogen (secondary N) is 1. The predicted molar refractivity (Wildman–Crippen MR) is 86.8 cm³/mol.